The van der Waals surface area contributed by atoms with Crippen LogP contribution < -0.4 is 10.2 Å². The first kappa shape index (κ1) is 13.4. The Bertz CT molecular complexity index is 476. The van der Waals surface area contributed by atoms with Gasteiger partial charge >= 0.3 is 0 Å². The largest absolute Gasteiger partial charge is 0.396 e. The molecule has 5 heteroatoms. The molecule has 3 rings (SSSR count). The zero-order chi connectivity index (χ0) is 14.0. The quantitative estimate of drug-likeness (QED) is 0.847. The first-order chi connectivity index (χ1) is 9.72. The standard InChI is InChI=1S/C15H21N3O2/c19-11-15(5-6-15)10-17-14(20)12-3-4-13(16-9-12)18-7-1-2-8-18/h3-4,9,19H,1-2,5-8,10-11H2,(H,17,20). The van der Waals surface area contributed by atoms with Gasteiger partial charge in [0.25, 0.3) is 5.91 Å². The fourth-order valence-electron chi connectivity index (χ4n) is 2.59. The number of carbonyl (C=O) groups excluding carboxylic acids is 1. The van der Waals surface area contributed by atoms with Crippen LogP contribution in [-0.2, 0) is 0 Å². The summed E-state index contributed by atoms with van der Waals surface area (Å²) < 4.78 is 0. The molecule has 1 aliphatic carbocycles. The lowest BCUT2D eigenvalue weighted by Gasteiger charge is -2.16. The zero-order valence-corrected chi connectivity index (χ0v) is 11.6. The smallest absolute Gasteiger partial charge is 0.252 e. The van der Waals surface area contributed by atoms with Gasteiger partial charge in [0.15, 0.2) is 0 Å². The molecule has 20 heavy (non-hydrogen) atoms. The van der Waals surface area contributed by atoms with Crippen LogP contribution in [0, 0.1) is 5.41 Å². The van der Waals surface area contributed by atoms with Crippen LogP contribution in [0.5, 0.6) is 0 Å². The predicted molar refractivity (Wildman–Crippen MR) is 76.8 cm³/mol. The third kappa shape index (κ3) is 2.77. The first-order valence-electron chi connectivity index (χ1n) is 7.33. The number of hydrogen-bond acceptors (Lipinski definition) is 4. The second kappa shape index (κ2) is 5.40. The second-order valence-corrected chi connectivity index (χ2v) is 5.94. The van der Waals surface area contributed by atoms with Crippen LogP contribution in [0.3, 0.4) is 0 Å². The lowest BCUT2D eigenvalue weighted by molar-refractivity contribution is 0.0935. The number of carbonyl (C=O) groups is 1. The number of hydrogen-bond donors (Lipinski definition) is 2. The van der Waals surface area contributed by atoms with Gasteiger partial charge in [-0.15, -0.1) is 0 Å². The maximum Gasteiger partial charge on any atom is 0.252 e. The topological polar surface area (TPSA) is 65.5 Å². The average molecular weight is 275 g/mol. The average Bonchev–Trinajstić information content (AvgIpc) is 3.07. The molecule has 0 atom stereocenters. The highest BCUT2D eigenvalue weighted by atomic mass is 16.3. The predicted octanol–water partition coefficient (Wildman–Crippen LogP) is 1.18. The second-order valence-electron chi connectivity index (χ2n) is 5.94. The normalized spacial score (nSPS) is 19.9. The number of aliphatic hydroxyl groups excluding tert-OH is 1. The van der Waals surface area contributed by atoms with Crippen LogP contribution in [0.25, 0.3) is 0 Å². The molecule has 1 aliphatic heterocycles. The van der Waals surface area contributed by atoms with E-state index in [1.54, 1.807) is 6.20 Å². The highest BCUT2D eigenvalue weighted by Crippen LogP contribution is 2.44. The van der Waals surface area contributed by atoms with Crippen LogP contribution in [0.15, 0.2) is 18.3 Å². The molecule has 0 radical (unpaired) electrons. The van der Waals surface area contributed by atoms with Crippen LogP contribution in [0.4, 0.5) is 5.82 Å². The fourth-order valence-corrected chi connectivity index (χ4v) is 2.59. The van der Waals surface area contributed by atoms with Gasteiger partial charge in [0.2, 0.25) is 0 Å². The third-order valence-corrected chi connectivity index (χ3v) is 4.36. The van der Waals surface area contributed by atoms with E-state index in [1.807, 2.05) is 12.1 Å². The van der Waals surface area contributed by atoms with Gasteiger partial charge in [0.05, 0.1) is 12.2 Å². The highest BCUT2D eigenvalue weighted by Gasteiger charge is 2.42. The number of nitrogens with one attached hydrogen (secondary N) is 1. The Hall–Kier alpha value is -1.62. The molecular weight excluding hydrogens is 254 g/mol. The Morgan fingerprint density at radius 2 is 2.10 bits per heavy atom. The summed E-state index contributed by atoms with van der Waals surface area (Å²) in [6.45, 7) is 2.81. The Morgan fingerprint density at radius 1 is 1.35 bits per heavy atom. The summed E-state index contributed by atoms with van der Waals surface area (Å²) in [5.41, 5.74) is 0.528. The molecule has 0 unspecified atom stereocenters. The molecule has 108 valence electrons. The van der Waals surface area contributed by atoms with Gasteiger partial charge in [0.1, 0.15) is 5.82 Å². The molecule has 2 N–H and O–H groups in total. The van der Waals surface area contributed by atoms with E-state index in [2.05, 4.69) is 15.2 Å². The Kier molecular flexibility index (Phi) is 3.61. The van der Waals surface area contributed by atoms with E-state index in [9.17, 15) is 9.90 Å². The molecule has 0 aromatic carbocycles. The van der Waals surface area contributed by atoms with Crippen LogP contribution >= 0.6 is 0 Å². The third-order valence-electron chi connectivity index (χ3n) is 4.36. The van der Waals surface area contributed by atoms with E-state index < -0.39 is 0 Å². The van der Waals surface area contributed by atoms with Gasteiger partial charge in [-0.25, -0.2) is 4.98 Å². The lowest BCUT2D eigenvalue weighted by atomic mass is 10.1. The van der Waals surface area contributed by atoms with Gasteiger partial charge in [-0.1, -0.05) is 0 Å². The summed E-state index contributed by atoms with van der Waals surface area (Å²) in [6, 6.07) is 3.74. The molecule has 1 amide bonds. The van der Waals surface area contributed by atoms with Crippen molar-refractivity contribution in [3.05, 3.63) is 23.9 Å². The van der Waals surface area contributed by atoms with Crippen LogP contribution in [0.1, 0.15) is 36.0 Å². The molecule has 1 saturated heterocycles. The molecule has 5 nitrogen and oxygen atoms in total. The Labute approximate surface area is 119 Å². The van der Waals surface area contributed by atoms with Gasteiger partial charge in [0, 0.05) is 31.2 Å². The minimum Gasteiger partial charge on any atom is -0.396 e. The highest BCUT2D eigenvalue weighted by molar-refractivity contribution is 5.94. The zero-order valence-electron chi connectivity index (χ0n) is 11.6. The molecule has 0 bridgehead atoms. The minimum absolute atomic E-state index is 0.0570. The number of aliphatic hydroxyl groups is 1. The van der Waals surface area contributed by atoms with Crippen molar-refractivity contribution in [3.63, 3.8) is 0 Å². The number of amides is 1. The SMILES string of the molecule is O=C(NCC1(CO)CC1)c1ccc(N2CCCC2)nc1. The summed E-state index contributed by atoms with van der Waals surface area (Å²) in [6.07, 6.45) is 6.06. The number of nitrogens with zero attached hydrogens (tertiary/aromatic N) is 2. The maximum atomic E-state index is 12.0. The fraction of sp³-hybridized carbons (Fsp3) is 0.600. The molecule has 2 aliphatic rings. The first-order valence-corrected chi connectivity index (χ1v) is 7.33. The van der Waals surface area contributed by atoms with E-state index in [-0.39, 0.29) is 17.9 Å². The molecular formula is C15H21N3O2. The van der Waals surface area contributed by atoms with Gasteiger partial charge < -0.3 is 15.3 Å². The van der Waals surface area contributed by atoms with E-state index in [4.69, 9.17) is 0 Å². The Balaban J connectivity index is 1.57. The van der Waals surface area contributed by atoms with Crippen molar-refractivity contribution in [2.75, 3.05) is 31.1 Å². The summed E-state index contributed by atoms with van der Waals surface area (Å²) in [4.78, 5) is 18.6. The maximum absolute atomic E-state index is 12.0. The van der Waals surface area contributed by atoms with Crippen molar-refractivity contribution < 1.29 is 9.90 Å². The van der Waals surface area contributed by atoms with Gasteiger partial charge in [-0.05, 0) is 37.8 Å². The molecule has 2 fully saturated rings. The van der Waals surface area contributed by atoms with Crippen molar-refractivity contribution in [2.45, 2.75) is 25.7 Å². The summed E-state index contributed by atoms with van der Waals surface area (Å²) in [7, 11) is 0. The molecule has 0 spiro atoms. The number of pyridine rings is 1. The van der Waals surface area contributed by atoms with Gasteiger partial charge in [-0.2, -0.15) is 0 Å². The van der Waals surface area contributed by atoms with E-state index in [0.29, 0.717) is 12.1 Å². The number of rotatable bonds is 5. The van der Waals surface area contributed by atoms with Crippen LogP contribution in [0.2, 0.25) is 0 Å². The number of anilines is 1. The van der Waals surface area contributed by atoms with Crippen molar-refractivity contribution in [1.82, 2.24) is 10.3 Å². The van der Waals surface area contributed by atoms with E-state index in [0.717, 1.165) is 31.7 Å². The molecule has 1 aromatic rings. The summed E-state index contributed by atoms with van der Waals surface area (Å²) >= 11 is 0. The lowest BCUT2D eigenvalue weighted by Crippen LogP contribution is -2.32. The molecule has 1 saturated carbocycles. The van der Waals surface area contributed by atoms with Crippen molar-refractivity contribution in [2.24, 2.45) is 5.41 Å². The van der Waals surface area contributed by atoms with Gasteiger partial charge in [-0.3, -0.25) is 4.79 Å². The molecule has 1 aromatic heterocycles. The summed E-state index contributed by atoms with van der Waals surface area (Å²) in [5, 5.41) is 12.1. The van der Waals surface area contributed by atoms with Crippen molar-refractivity contribution in [1.29, 1.82) is 0 Å². The summed E-state index contributed by atoms with van der Waals surface area (Å²) in [5.74, 6) is 0.846. The van der Waals surface area contributed by atoms with Crippen molar-refractivity contribution in [3.8, 4) is 0 Å². The minimum atomic E-state index is -0.106. The van der Waals surface area contributed by atoms with E-state index in [1.165, 1.54) is 12.8 Å². The molecule has 2 heterocycles. The Morgan fingerprint density at radius 3 is 2.65 bits per heavy atom. The van der Waals surface area contributed by atoms with Crippen LogP contribution in [-0.4, -0.2) is 42.2 Å². The number of aromatic nitrogens is 1. The monoisotopic (exact) mass is 275 g/mol. The van der Waals surface area contributed by atoms with E-state index >= 15 is 0 Å². The van der Waals surface area contributed by atoms with Crippen molar-refractivity contribution >= 4 is 11.7 Å².